The van der Waals surface area contributed by atoms with E-state index in [0.29, 0.717) is 5.92 Å². The van der Waals surface area contributed by atoms with Crippen LogP contribution in [0.1, 0.15) is 11.3 Å². The maximum absolute atomic E-state index is 5.79. The lowest BCUT2D eigenvalue weighted by Gasteiger charge is -2.09. The van der Waals surface area contributed by atoms with Crippen molar-refractivity contribution in [3.8, 4) is 0 Å². The van der Waals surface area contributed by atoms with Crippen LogP contribution in [0.2, 0.25) is 0 Å². The van der Waals surface area contributed by atoms with E-state index in [9.17, 15) is 0 Å². The van der Waals surface area contributed by atoms with Crippen LogP contribution in [0.15, 0.2) is 28.1 Å². The summed E-state index contributed by atoms with van der Waals surface area (Å²) in [6, 6.07) is 4.51. The quantitative estimate of drug-likeness (QED) is 0.835. The molecule has 0 radical (unpaired) electrons. The van der Waals surface area contributed by atoms with Crippen molar-refractivity contribution in [2.75, 3.05) is 6.54 Å². The van der Waals surface area contributed by atoms with E-state index in [0.717, 1.165) is 19.5 Å². The minimum atomic E-state index is 0.271. The van der Waals surface area contributed by atoms with Crippen molar-refractivity contribution in [2.24, 2.45) is 11.7 Å². The first-order valence-corrected chi connectivity index (χ1v) is 6.74. The van der Waals surface area contributed by atoms with Gasteiger partial charge in [0.1, 0.15) is 0 Å². The summed E-state index contributed by atoms with van der Waals surface area (Å²) in [7, 11) is 0. The second-order valence-electron chi connectivity index (χ2n) is 3.88. The lowest BCUT2D eigenvalue weighted by Crippen LogP contribution is -2.23. The third-order valence-corrected chi connectivity index (χ3v) is 4.16. The van der Waals surface area contributed by atoms with E-state index in [1.807, 2.05) is 0 Å². The zero-order valence-corrected chi connectivity index (χ0v) is 10.9. The summed E-state index contributed by atoms with van der Waals surface area (Å²) in [5.41, 5.74) is 5.79. The van der Waals surface area contributed by atoms with Gasteiger partial charge < -0.3 is 11.1 Å². The number of thiophene rings is 1. The Morgan fingerprint density at radius 2 is 2.33 bits per heavy atom. The van der Waals surface area contributed by atoms with Crippen LogP contribution in [0.4, 0.5) is 0 Å². The molecule has 2 unspecified atom stereocenters. The van der Waals surface area contributed by atoms with E-state index in [4.69, 9.17) is 5.73 Å². The summed E-state index contributed by atoms with van der Waals surface area (Å²) in [6.07, 6.45) is 5.41. The maximum atomic E-state index is 5.79. The summed E-state index contributed by atoms with van der Waals surface area (Å²) in [4.78, 5) is 1.37. The van der Waals surface area contributed by atoms with Gasteiger partial charge >= 0.3 is 0 Å². The van der Waals surface area contributed by atoms with Crippen molar-refractivity contribution in [2.45, 2.75) is 19.0 Å². The van der Waals surface area contributed by atoms with Gasteiger partial charge in [0, 0.05) is 24.0 Å². The molecule has 0 saturated heterocycles. The Labute approximate surface area is 103 Å². The average molecular weight is 287 g/mol. The van der Waals surface area contributed by atoms with Gasteiger partial charge in [-0.1, -0.05) is 12.2 Å². The van der Waals surface area contributed by atoms with Gasteiger partial charge in [0.15, 0.2) is 0 Å². The van der Waals surface area contributed by atoms with E-state index in [2.05, 4.69) is 45.5 Å². The van der Waals surface area contributed by atoms with Gasteiger partial charge in [-0.05, 0) is 40.4 Å². The van der Waals surface area contributed by atoms with Gasteiger partial charge in [0.25, 0.3) is 0 Å². The normalized spacial score (nSPS) is 24.9. The van der Waals surface area contributed by atoms with Crippen LogP contribution in [0.25, 0.3) is 0 Å². The molecule has 0 bridgehead atoms. The van der Waals surface area contributed by atoms with Gasteiger partial charge in [0.05, 0.1) is 3.79 Å². The molecule has 2 rings (SSSR count). The fraction of sp³-hybridized carbons (Fsp3) is 0.455. The summed E-state index contributed by atoms with van der Waals surface area (Å²) in [5, 5.41) is 3.46. The van der Waals surface area contributed by atoms with Crippen molar-refractivity contribution < 1.29 is 0 Å². The van der Waals surface area contributed by atoms with E-state index >= 15 is 0 Å². The molecule has 0 fully saturated rings. The molecule has 0 aromatic carbocycles. The van der Waals surface area contributed by atoms with Gasteiger partial charge in [-0.25, -0.2) is 0 Å². The predicted molar refractivity (Wildman–Crippen MR) is 68.9 cm³/mol. The molecule has 1 aliphatic carbocycles. The van der Waals surface area contributed by atoms with Crippen LogP contribution in [-0.4, -0.2) is 12.6 Å². The molecule has 1 aromatic rings. The first kappa shape index (κ1) is 11.3. The van der Waals surface area contributed by atoms with Crippen LogP contribution >= 0.6 is 27.3 Å². The Kier molecular flexibility index (Phi) is 3.97. The molecular formula is C11H15BrN2S. The zero-order chi connectivity index (χ0) is 10.7. The number of rotatable bonds is 4. The predicted octanol–water partition coefficient (Wildman–Crippen LogP) is 2.50. The van der Waals surface area contributed by atoms with Gasteiger partial charge in [-0.3, -0.25) is 0 Å². The van der Waals surface area contributed by atoms with Crippen LogP contribution in [0.3, 0.4) is 0 Å². The van der Waals surface area contributed by atoms with Gasteiger partial charge in [-0.2, -0.15) is 0 Å². The lowest BCUT2D eigenvalue weighted by atomic mass is 10.1. The average Bonchev–Trinajstić information content (AvgIpc) is 2.76. The second-order valence-corrected chi connectivity index (χ2v) is 6.43. The van der Waals surface area contributed by atoms with Crippen molar-refractivity contribution in [1.82, 2.24) is 5.32 Å². The Balaban J connectivity index is 1.69. The van der Waals surface area contributed by atoms with Crippen LogP contribution in [0, 0.1) is 5.92 Å². The fourth-order valence-corrected chi connectivity index (χ4v) is 3.24. The summed E-state index contributed by atoms with van der Waals surface area (Å²) in [6.45, 7) is 1.98. The topological polar surface area (TPSA) is 38.0 Å². The number of hydrogen-bond acceptors (Lipinski definition) is 3. The molecule has 2 atom stereocenters. The zero-order valence-electron chi connectivity index (χ0n) is 8.45. The van der Waals surface area contributed by atoms with Gasteiger partial charge in [-0.15, -0.1) is 11.3 Å². The maximum Gasteiger partial charge on any atom is 0.0701 e. The molecule has 3 N–H and O–H groups in total. The highest BCUT2D eigenvalue weighted by molar-refractivity contribution is 9.11. The largest absolute Gasteiger partial charge is 0.324 e. The molecule has 0 aliphatic heterocycles. The lowest BCUT2D eigenvalue weighted by molar-refractivity contribution is 0.529. The third kappa shape index (κ3) is 3.41. The van der Waals surface area contributed by atoms with Gasteiger partial charge in [0.2, 0.25) is 0 Å². The molecule has 4 heteroatoms. The summed E-state index contributed by atoms with van der Waals surface area (Å²) in [5.74, 6) is 0.614. The molecule has 82 valence electrons. The highest BCUT2D eigenvalue weighted by Gasteiger charge is 2.14. The number of nitrogens with one attached hydrogen (secondary N) is 1. The standard InChI is InChI=1S/C11H15BrN2S/c12-11-4-3-10(15-11)7-14-6-8-1-2-9(13)5-8/h1-4,8-9,14H,5-7,13H2. The van der Waals surface area contributed by atoms with E-state index < -0.39 is 0 Å². The minimum Gasteiger partial charge on any atom is -0.324 e. The molecule has 0 saturated carbocycles. The molecule has 1 aliphatic rings. The van der Waals surface area contributed by atoms with Crippen molar-refractivity contribution in [3.05, 3.63) is 32.9 Å². The first-order chi connectivity index (χ1) is 7.24. The first-order valence-electron chi connectivity index (χ1n) is 5.13. The van der Waals surface area contributed by atoms with E-state index in [1.165, 1.54) is 8.66 Å². The van der Waals surface area contributed by atoms with Crippen LogP contribution in [-0.2, 0) is 6.54 Å². The number of halogens is 1. The molecule has 1 heterocycles. The van der Waals surface area contributed by atoms with Crippen LogP contribution < -0.4 is 11.1 Å². The monoisotopic (exact) mass is 286 g/mol. The summed E-state index contributed by atoms with van der Waals surface area (Å²) < 4.78 is 1.20. The fourth-order valence-electron chi connectivity index (χ4n) is 1.79. The minimum absolute atomic E-state index is 0.271. The molecule has 1 aromatic heterocycles. The molecule has 2 nitrogen and oxygen atoms in total. The summed E-state index contributed by atoms with van der Waals surface area (Å²) >= 11 is 5.24. The molecule has 0 amide bonds. The Hall–Kier alpha value is -0.160. The van der Waals surface area contributed by atoms with Crippen molar-refractivity contribution in [1.29, 1.82) is 0 Å². The SMILES string of the molecule is NC1C=CC(CNCc2ccc(Br)s2)C1. The Morgan fingerprint density at radius 1 is 1.47 bits per heavy atom. The Bertz CT molecular complexity index is 348. The van der Waals surface area contributed by atoms with E-state index in [-0.39, 0.29) is 6.04 Å². The Morgan fingerprint density at radius 3 is 2.93 bits per heavy atom. The molecule has 0 spiro atoms. The van der Waals surface area contributed by atoms with Crippen LogP contribution in [0.5, 0.6) is 0 Å². The highest BCUT2D eigenvalue weighted by atomic mass is 79.9. The van der Waals surface area contributed by atoms with E-state index in [1.54, 1.807) is 11.3 Å². The third-order valence-electron chi connectivity index (χ3n) is 2.54. The second kappa shape index (κ2) is 5.25. The number of nitrogens with two attached hydrogens (primary N) is 1. The number of hydrogen-bond donors (Lipinski definition) is 2. The molecule has 15 heavy (non-hydrogen) atoms. The van der Waals surface area contributed by atoms with Crippen molar-refractivity contribution in [3.63, 3.8) is 0 Å². The highest BCUT2D eigenvalue weighted by Crippen LogP contribution is 2.22. The van der Waals surface area contributed by atoms with Crippen molar-refractivity contribution >= 4 is 27.3 Å². The molecular weight excluding hydrogens is 272 g/mol. The smallest absolute Gasteiger partial charge is 0.0701 e.